The number of halogens is 1. The van der Waals surface area contributed by atoms with E-state index in [9.17, 15) is 19.1 Å². The minimum Gasteiger partial charge on any atom is -0.502 e. The number of hydrogen-bond donors (Lipinski definition) is 1. The molecule has 36 heavy (non-hydrogen) atoms. The third-order valence-electron chi connectivity index (χ3n) is 5.56. The van der Waals surface area contributed by atoms with Crippen LogP contribution in [0.5, 0.6) is 11.5 Å². The maximum Gasteiger partial charge on any atom is 0.278 e. The van der Waals surface area contributed by atoms with Crippen molar-refractivity contribution in [2.45, 2.75) is 39.8 Å². The van der Waals surface area contributed by atoms with Crippen molar-refractivity contribution >= 4 is 5.91 Å². The van der Waals surface area contributed by atoms with Gasteiger partial charge in [0, 0.05) is 18.5 Å². The zero-order chi connectivity index (χ0) is 26.1. The van der Waals surface area contributed by atoms with Gasteiger partial charge in [0.2, 0.25) is 5.43 Å². The summed E-state index contributed by atoms with van der Waals surface area (Å²) in [6.07, 6.45) is 7.28. The molecule has 0 spiro atoms. The number of nitrogens with zero attached hydrogens (tertiary/aromatic N) is 4. The van der Waals surface area contributed by atoms with Crippen molar-refractivity contribution in [2.24, 2.45) is 0 Å². The van der Waals surface area contributed by atoms with E-state index in [1.807, 2.05) is 50.1 Å². The van der Waals surface area contributed by atoms with Gasteiger partial charge < -0.3 is 14.7 Å². The molecule has 190 valence electrons. The average Bonchev–Trinajstić information content (AvgIpc) is 2.90. The quantitative estimate of drug-likeness (QED) is 0.475. The molecule has 0 saturated carbocycles. The van der Waals surface area contributed by atoms with Crippen molar-refractivity contribution in [3.8, 4) is 11.5 Å². The highest BCUT2D eigenvalue weighted by molar-refractivity contribution is 5.96. The monoisotopic (exact) mass is 494 g/mol. The normalized spacial score (nSPS) is 13.7. The van der Waals surface area contributed by atoms with Crippen molar-refractivity contribution in [2.75, 3.05) is 18.3 Å². The molecular weight excluding hydrogens is 463 g/mol. The number of hydrogen-bond acceptors (Lipinski definition) is 6. The Morgan fingerprint density at radius 1 is 1.14 bits per heavy atom. The van der Waals surface area contributed by atoms with Gasteiger partial charge in [-0.1, -0.05) is 45.0 Å². The van der Waals surface area contributed by atoms with E-state index in [1.54, 1.807) is 35.4 Å². The van der Waals surface area contributed by atoms with E-state index >= 15 is 0 Å². The molecule has 0 saturated heterocycles. The van der Waals surface area contributed by atoms with Crippen LogP contribution in [0, 0.1) is 5.82 Å². The molecule has 1 aliphatic rings. The molecule has 2 aromatic heterocycles. The molecule has 4 rings (SSSR count). The van der Waals surface area contributed by atoms with Crippen LogP contribution in [0.25, 0.3) is 0 Å². The number of carbonyl (C=O) groups excluding carboxylic acids is 1. The second kappa shape index (κ2) is 12.5. The van der Waals surface area contributed by atoms with Crippen molar-refractivity contribution in [1.29, 1.82) is 0 Å². The predicted molar refractivity (Wildman–Crippen MR) is 136 cm³/mol. The molecule has 8 nitrogen and oxygen atoms in total. The standard InChI is InChI=1S/C25H25FN4O4.C2H6/c1-2-19(9-7-15-34-22-11-4-3-10-20(22)26)29-17-28(16-18-8-5-6-13-27-18)30-14-12-21(31)24(32)23(30)25(29)33;1-2/h3-14,19,32H,2,15-17H2,1H3;1-2H3/b9-7+;/t19-;/m0./s1. The van der Waals surface area contributed by atoms with E-state index in [0.29, 0.717) is 13.0 Å². The molecule has 1 N–H and O–H groups in total. The highest BCUT2D eigenvalue weighted by atomic mass is 19.1. The number of fused-ring (bicyclic) bond motifs is 1. The van der Waals surface area contributed by atoms with Gasteiger partial charge in [-0.15, -0.1) is 0 Å². The number of benzene rings is 1. The number of aromatic nitrogens is 2. The van der Waals surface area contributed by atoms with Crippen molar-refractivity contribution in [3.05, 3.63) is 101 Å². The van der Waals surface area contributed by atoms with Crippen LogP contribution in [0.15, 0.2) is 77.9 Å². The van der Waals surface area contributed by atoms with E-state index in [4.69, 9.17) is 4.74 Å². The van der Waals surface area contributed by atoms with E-state index in [2.05, 4.69) is 4.98 Å². The fourth-order valence-electron chi connectivity index (χ4n) is 3.83. The van der Waals surface area contributed by atoms with Gasteiger partial charge in [-0.3, -0.25) is 24.3 Å². The second-order valence-corrected chi connectivity index (χ2v) is 7.77. The fourth-order valence-corrected chi connectivity index (χ4v) is 3.83. The van der Waals surface area contributed by atoms with Crippen LogP contribution in [-0.2, 0) is 6.54 Å². The molecule has 9 heteroatoms. The Hall–Kier alpha value is -4.14. The summed E-state index contributed by atoms with van der Waals surface area (Å²) in [5, 5.41) is 12.3. The molecule has 1 atom stereocenters. The Morgan fingerprint density at radius 3 is 2.58 bits per heavy atom. The van der Waals surface area contributed by atoms with Crippen LogP contribution in [0.2, 0.25) is 0 Å². The number of rotatable bonds is 8. The lowest BCUT2D eigenvalue weighted by Gasteiger charge is -2.42. The van der Waals surface area contributed by atoms with Gasteiger partial charge in [0.25, 0.3) is 5.91 Å². The number of para-hydroxylation sites is 1. The molecule has 3 heterocycles. The lowest BCUT2D eigenvalue weighted by Crippen LogP contribution is -2.56. The zero-order valence-corrected chi connectivity index (χ0v) is 20.7. The Bertz CT molecular complexity index is 1250. The first kappa shape index (κ1) is 26.5. The lowest BCUT2D eigenvalue weighted by atomic mass is 10.1. The summed E-state index contributed by atoms with van der Waals surface area (Å²) in [6.45, 7) is 6.62. The topological polar surface area (TPSA) is 87.9 Å². The zero-order valence-electron chi connectivity index (χ0n) is 20.7. The molecule has 1 aliphatic heterocycles. The van der Waals surface area contributed by atoms with Crippen molar-refractivity contribution in [1.82, 2.24) is 14.6 Å². The first-order valence-electron chi connectivity index (χ1n) is 11.9. The van der Waals surface area contributed by atoms with Gasteiger partial charge in [0.05, 0.1) is 18.3 Å². The molecule has 0 unspecified atom stereocenters. The number of ether oxygens (including phenoxy) is 1. The summed E-state index contributed by atoms with van der Waals surface area (Å²) in [6, 6.07) is 12.6. The van der Waals surface area contributed by atoms with Gasteiger partial charge in [-0.2, -0.15) is 0 Å². The maximum absolute atomic E-state index is 13.8. The van der Waals surface area contributed by atoms with Gasteiger partial charge in [-0.05, 0) is 36.8 Å². The molecule has 0 radical (unpaired) electrons. The minimum atomic E-state index is -0.624. The number of aromatic hydroxyl groups is 1. The summed E-state index contributed by atoms with van der Waals surface area (Å²) < 4.78 is 20.7. The summed E-state index contributed by atoms with van der Waals surface area (Å²) in [7, 11) is 0. The summed E-state index contributed by atoms with van der Waals surface area (Å²) in [5.74, 6) is -1.35. The molecule has 1 aromatic carbocycles. The predicted octanol–water partition coefficient (Wildman–Crippen LogP) is 4.08. The molecular formula is C27H31FN4O4. The third-order valence-corrected chi connectivity index (χ3v) is 5.56. The van der Waals surface area contributed by atoms with Crippen molar-refractivity contribution < 1.29 is 19.0 Å². The van der Waals surface area contributed by atoms with E-state index in [-0.39, 0.29) is 30.8 Å². The molecule has 0 fully saturated rings. The SMILES string of the molecule is CC.CC[C@@H](/C=C/COc1ccccc1F)N1CN(Cc2ccccn2)n2ccc(=O)c(O)c2C1=O. The Labute approximate surface area is 209 Å². The number of pyridine rings is 2. The largest absolute Gasteiger partial charge is 0.502 e. The van der Waals surface area contributed by atoms with Gasteiger partial charge in [-0.25, -0.2) is 4.39 Å². The van der Waals surface area contributed by atoms with E-state index < -0.39 is 22.9 Å². The van der Waals surface area contributed by atoms with E-state index in [0.717, 1.165) is 5.69 Å². The maximum atomic E-state index is 13.8. The molecule has 3 aromatic rings. The molecule has 0 bridgehead atoms. The van der Waals surface area contributed by atoms with Crippen LogP contribution in [0.1, 0.15) is 43.4 Å². The minimum absolute atomic E-state index is 0.0934. The first-order valence-corrected chi connectivity index (χ1v) is 11.9. The van der Waals surface area contributed by atoms with E-state index in [1.165, 1.54) is 23.0 Å². The van der Waals surface area contributed by atoms with Gasteiger partial charge in [0.15, 0.2) is 23.0 Å². The van der Waals surface area contributed by atoms with Crippen LogP contribution in [-0.4, -0.2) is 44.9 Å². The molecule has 1 amide bonds. The number of amides is 1. The Kier molecular flexibility index (Phi) is 9.21. The van der Waals surface area contributed by atoms with Gasteiger partial charge >= 0.3 is 0 Å². The smallest absolute Gasteiger partial charge is 0.278 e. The summed E-state index contributed by atoms with van der Waals surface area (Å²) in [4.78, 5) is 31.4. The molecule has 0 aliphatic carbocycles. The van der Waals surface area contributed by atoms with Crippen LogP contribution >= 0.6 is 0 Å². The van der Waals surface area contributed by atoms with Gasteiger partial charge in [0.1, 0.15) is 13.3 Å². The van der Waals surface area contributed by atoms with Crippen LogP contribution in [0.4, 0.5) is 4.39 Å². The fraction of sp³-hybridized carbons (Fsp3) is 0.296. The number of carbonyl (C=O) groups is 1. The van der Waals surface area contributed by atoms with Crippen LogP contribution < -0.4 is 15.2 Å². The Balaban J connectivity index is 0.00000176. The average molecular weight is 495 g/mol. The summed E-state index contributed by atoms with van der Waals surface area (Å²) in [5.41, 5.74) is 0.0491. The lowest BCUT2D eigenvalue weighted by molar-refractivity contribution is 0.0631. The Morgan fingerprint density at radius 2 is 1.89 bits per heavy atom. The highest BCUT2D eigenvalue weighted by Gasteiger charge is 2.35. The second-order valence-electron chi connectivity index (χ2n) is 7.77. The van der Waals surface area contributed by atoms with Crippen molar-refractivity contribution in [3.63, 3.8) is 0 Å². The summed E-state index contributed by atoms with van der Waals surface area (Å²) >= 11 is 0. The third kappa shape index (κ3) is 5.91. The first-order chi connectivity index (χ1) is 17.5. The highest BCUT2D eigenvalue weighted by Crippen LogP contribution is 2.24. The van der Waals surface area contributed by atoms with Crippen LogP contribution in [0.3, 0.4) is 0 Å².